The first-order chi connectivity index (χ1) is 14.8. The van der Waals surface area contributed by atoms with Crippen LogP contribution in [0.5, 0.6) is 11.5 Å². The molecule has 1 N–H and O–H groups in total. The van der Waals surface area contributed by atoms with Crippen LogP contribution in [0.15, 0.2) is 36.4 Å². The van der Waals surface area contributed by atoms with Gasteiger partial charge >= 0.3 is 5.97 Å². The minimum atomic E-state index is -0.670. The molecule has 164 valence electrons. The first kappa shape index (κ1) is 22.1. The largest absolute Gasteiger partial charge is 0.497 e. The van der Waals surface area contributed by atoms with E-state index in [0.717, 1.165) is 11.1 Å². The Hall–Kier alpha value is -3.55. The fraction of sp³-hybridized carbons (Fsp3) is 0.348. The van der Waals surface area contributed by atoms with Gasteiger partial charge in [-0.2, -0.15) is 0 Å². The second-order valence-electron chi connectivity index (χ2n) is 7.37. The third-order valence-electron chi connectivity index (χ3n) is 5.23. The summed E-state index contributed by atoms with van der Waals surface area (Å²) in [6.07, 6.45) is -0.00226. The van der Waals surface area contributed by atoms with Crippen LogP contribution >= 0.6 is 0 Å². The highest BCUT2D eigenvalue weighted by Gasteiger charge is 2.37. The van der Waals surface area contributed by atoms with E-state index in [1.54, 1.807) is 18.2 Å². The molecule has 0 saturated carbocycles. The predicted molar refractivity (Wildman–Crippen MR) is 116 cm³/mol. The van der Waals surface area contributed by atoms with Gasteiger partial charge in [-0.3, -0.25) is 14.4 Å². The van der Waals surface area contributed by atoms with Crippen LogP contribution in [-0.4, -0.2) is 45.2 Å². The Bertz CT molecular complexity index is 983. The number of aryl methyl sites for hydroxylation is 2. The van der Waals surface area contributed by atoms with Crippen molar-refractivity contribution in [3.8, 4) is 11.5 Å². The molecule has 3 rings (SSSR count). The van der Waals surface area contributed by atoms with Crippen molar-refractivity contribution in [2.45, 2.75) is 20.3 Å². The molecule has 2 amide bonds. The zero-order chi connectivity index (χ0) is 22.5. The third kappa shape index (κ3) is 4.96. The van der Waals surface area contributed by atoms with Crippen LogP contribution in [0.25, 0.3) is 0 Å². The van der Waals surface area contributed by atoms with E-state index in [2.05, 4.69) is 5.32 Å². The maximum absolute atomic E-state index is 12.6. The highest BCUT2D eigenvalue weighted by Crippen LogP contribution is 2.36. The Morgan fingerprint density at radius 3 is 2.45 bits per heavy atom. The minimum Gasteiger partial charge on any atom is -0.497 e. The number of amides is 2. The number of rotatable bonds is 7. The summed E-state index contributed by atoms with van der Waals surface area (Å²) in [5.74, 6) is -0.852. The number of nitrogens with one attached hydrogen (secondary N) is 1. The summed E-state index contributed by atoms with van der Waals surface area (Å²) in [6, 6.07) is 10.8. The number of nitrogens with zero attached hydrogens (tertiary/aromatic N) is 1. The van der Waals surface area contributed by atoms with Gasteiger partial charge in [-0.1, -0.05) is 18.2 Å². The maximum atomic E-state index is 12.6. The molecule has 1 saturated heterocycles. The fourth-order valence-corrected chi connectivity index (χ4v) is 3.55. The van der Waals surface area contributed by atoms with Crippen LogP contribution in [-0.2, 0) is 19.1 Å². The molecule has 1 aliphatic rings. The number of esters is 1. The summed E-state index contributed by atoms with van der Waals surface area (Å²) in [6.45, 7) is 3.50. The average Bonchev–Trinajstić information content (AvgIpc) is 3.15. The topological polar surface area (TPSA) is 94.2 Å². The lowest BCUT2D eigenvalue weighted by molar-refractivity contribution is -0.151. The van der Waals surface area contributed by atoms with Crippen molar-refractivity contribution in [2.75, 3.05) is 37.6 Å². The highest BCUT2D eigenvalue weighted by atomic mass is 16.5. The Morgan fingerprint density at radius 1 is 1.10 bits per heavy atom. The average molecular weight is 426 g/mol. The number of anilines is 2. The SMILES string of the molecule is COc1ccc(OC)c(N2C[C@H](C(=O)OCC(=O)Nc3c(C)cccc3C)CC2=O)c1. The van der Waals surface area contributed by atoms with Crippen molar-refractivity contribution in [1.29, 1.82) is 0 Å². The number of hydrogen-bond donors (Lipinski definition) is 1. The molecule has 0 aromatic heterocycles. The van der Waals surface area contributed by atoms with Crippen LogP contribution in [0.4, 0.5) is 11.4 Å². The smallest absolute Gasteiger partial charge is 0.311 e. The van der Waals surface area contributed by atoms with Crippen molar-refractivity contribution < 1.29 is 28.6 Å². The molecule has 8 heteroatoms. The standard InChI is InChI=1S/C23H26N2O6/c1-14-6-5-7-15(2)22(14)24-20(26)13-31-23(28)16-10-21(27)25(12-16)18-11-17(29-3)8-9-19(18)30-4/h5-9,11,16H,10,12-13H2,1-4H3,(H,24,26)/t16-/m1/s1. The number of carbonyl (C=O) groups excluding carboxylic acids is 3. The fourth-order valence-electron chi connectivity index (χ4n) is 3.55. The summed E-state index contributed by atoms with van der Waals surface area (Å²) in [7, 11) is 3.04. The molecule has 0 bridgehead atoms. The van der Waals surface area contributed by atoms with Gasteiger partial charge in [-0.15, -0.1) is 0 Å². The molecule has 1 atom stereocenters. The summed E-state index contributed by atoms with van der Waals surface area (Å²) in [5.41, 5.74) is 3.07. The van der Waals surface area contributed by atoms with Gasteiger partial charge in [-0.05, 0) is 37.1 Å². The molecule has 1 heterocycles. The first-order valence-corrected chi connectivity index (χ1v) is 9.89. The molecular weight excluding hydrogens is 400 g/mol. The summed E-state index contributed by atoms with van der Waals surface area (Å²) >= 11 is 0. The molecule has 8 nitrogen and oxygen atoms in total. The quantitative estimate of drug-likeness (QED) is 0.685. The highest BCUT2D eigenvalue weighted by molar-refractivity contribution is 6.01. The van der Waals surface area contributed by atoms with Crippen molar-refractivity contribution in [3.05, 3.63) is 47.5 Å². The van der Waals surface area contributed by atoms with Gasteiger partial charge in [-0.25, -0.2) is 0 Å². The lowest BCUT2D eigenvalue weighted by Crippen LogP contribution is -2.28. The second-order valence-corrected chi connectivity index (χ2v) is 7.37. The summed E-state index contributed by atoms with van der Waals surface area (Å²) < 4.78 is 15.7. The van der Waals surface area contributed by atoms with E-state index in [9.17, 15) is 14.4 Å². The Kier molecular flexibility index (Phi) is 6.79. The van der Waals surface area contributed by atoms with E-state index in [-0.39, 0.29) is 18.9 Å². The van der Waals surface area contributed by atoms with Crippen LogP contribution < -0.4 is 19.7 Å². The van der Waals surface area contributed by atoms with Crippen molar-refractivity contribution in [3.63, 3.8) is 0 Å². The number of ether oxygens (including phenoxy) is 3. The van der Waals surface area contributed by atoms with E-state index in [1.165, 1.54) is 19.1 Å². The third-order valence-corrected chi connectivity index (χ3v) is 5.23. The van der Waals surface area contributed by atoms with Crippen molar-refractivity contribution in [2.24, 2.45) is 5.92 Å². The molecule has 1 aliphatic heterocycles. The molecule has 0 radical (unpaired) electrons. The zero-order valence-electron chi connectivity index (χ0n) is 18.1. The van der Waals surface area contributed by atoms with Gasteiger partial charge in [0.1, 0.15) is 11.5 Å². The molecule has 31 heavy (non-hydrogen) atoms. The molecule has 0 unspecified atom stereocenters. The molecule has 0 aliphatic carbocycles. The van der Waals surface area contributed by atoms with Gasteiger partial charge < -0.3 is 24.4 Å². The zero-order valence-corrected chi connectivity index (χ0v) is 18.1. The first-order valence-electron chi connectivity index (χ1n) is 9.89. The Morgan fingerprint density at radius 2 is 1.81 bits per heavy atom. The lowest BCUT2D eigenvalue weighted by atomic mass is 10.1. The van der Waals surface area contributed by atoms with Gasteiger partial charge in [0.05, 0.1) is 25.8 Å². The van der Waals surface area contributed by atoms with Crippen LogP contribution in [0.1, 0.15) is 17.5 Å². The van der Waals surface area contributed by atoms with Gasteiger partial charge in [0.2, 0.25) is 5.91 Å². The number of para-hydroxylation sites is 1. The summed E-state index contributed by atoms with van der Waals surface area (Å²) in [5, 5.41) is 2.77. The molecule has 0 spiro atoms. The maximum Gasteiger partial charge on any atom is 0.311 e. The van der Waals surface area contributed by atoms with Crippen LogP contribution in [0, 0.1) is 19.8 Å². The van der Waals surface area contributed by atoms with Crippen LogP contribution in [0.2, 0.25) is 0 Å². The second kappa shape index (κ2) is 9.51. The van der Waals surface area contributed by atoms with E-state index < -0.39 is 24.4 Å². The molecular formula is C23H26N2O6. The van der Waals surface area contributed by atoms with Crippen molar-refractivity contribution >= 4 is 29.2 Å². The van der Waals surface area contributed by atoms with Crippen LogP contribution in [0.3, 0.4) is 0 Å². The number of benzene rings is 2. The molecule has 2 aromatic rings. The van der Waals surface area contributed by atoms with Crippen molar-refractivity contribution in [1.82, 2.24) is 0 Å². The monoisotopic (exact) mass is 426 g/mol. The predicted octanol–water partition coefficient (Wildman–Crippen LogP) is 2.86. The number of hydrogen-bond acceptors (Lipinski definition) is 6. The van der Waals surface area contributed by atoms with E-state index >= 15 is 0 Å². The normalized spacial score (nSPS) is 15.5. The lowest BCUT2D eigenvalue weighted by Gasteiger charge is -2.20. The Balaban J connectivity index is 1.61. The van der Waals surface area contributed by atoms with Gasteiger partial charge in [0, 0.05) is 24.7 Å². The molecule has 2 aromatic carbocycles. The minimum absolute atomic E-state index is 0.00226. The number of methoxy groups -OCH3 is 2. The van der Waals surface area contributed by atoms with E-state index in [4.69, 9.17) is 14.2 Å². The van der Waals surface area contributed by atoms with E-state index in [0.29, 0.717) is 22.9 Å². The number of carbonyl (C=O) groups is 3. The summed E-state index contributed by atoms with van der Waals surface area (Å²) in [4.78, 5) is 38.8. The Labute approximate surface area is 181 Å². The van der Waals surface area contributed by atoms with E-state index in [1.807, 2.05) is 32.0 Å². The van der Waals surface area contributed by atoms with Gasteiger partial charge in [0.15, 0.2) is 6.61 Å². The molecule has 1 fully saturated rings. The van der Waals surface area contributed by atoms with Gasteiger partial charge in [0.25, 0.3) is 5.91 Å².